The fourth-order valence-electron chi connectivity index (χ4n) is 4.31. The molecule has 1 amide bonds. The van der Waals surface area contributed by atoms with Crippen LogP contribution < -0.4 is 16.0 Å². The molecule has 3 N–H and O–H groups in total. The number of anilines is 1. The molecule has 3 aromatic rings. The summed E-state index contributed by atoms with van der Waals surface area (Å²) in [6, 6.07) is 18.1. The second kappa shape index (κ2) is 10.4. The lowest BCUT2D eigenvalue weighted by atomic mass is 9.95. The van der Waals surface area contributed by atoms with Gasteiger partial charge in [-0.15, -0.1) is 0 Å². The summed E-state index contributed by atoms with van der Waals surface area (Å²) in [4.78, 5) is 16.9. The van der Waals surface area contributed by atoms with Gasteiger partial charge in [0, 0.05) is 35.3 Å². The van der Waals surface area contributed by atoms with E-state index in [0.717, 1.165) is 46.9 Å². The maximum Gasteiger partial charge on any atom is 0.251 e. The lowest BCUT2D eigenvalue weighted by molar-refractivity contribution is 0.0956. The summed E-state index contributed by atoms with van der Waals surface area (Å²) in [6.07, 6.45) is 5.08. The number of nitrogens with one attached hydrogen (secondary N) is 3. The molecule has 1 aliphatic rings. The van der Waals surface area contributed by atoms with Crippen molar-refractivity contribution in [3.63, 3.8) is 0 Å². The van der Waals surface area contributed by atoms with Crippen molar-refractivity contribution in [1.29, 1.82) is 0 Å². The molecule has 1 fully saturated rings. The Balaban J connectivity index is 1.50. The highest BCUT2D eigenvalue weighted by molar-refractivity contribution is 5.96. The van der Waals surface area contributed by atoms with Gasteiger partial charge in [-0.3, -0.25) is 4.79 Å². The SMILES string of the molecule is CCNC(=O)c1ccc(-c2cc(NCCCC3CCCNC3)c3ccccc3n2)cc1. The molecule has 162 valence electrons. The molecule has 4 rings (SSSR count). The van der Waals surface area contributed by atoms with E-state index < -0.39 is 0 Å². The van der Waals surface area contributed by atoms with Crippen molar-refractivity contribution in [2.24, 2.45) is 5.92 Å². The van der Waals surface area contributed by atoms with Crippen LogP contribution in [-0.4, -0.2) is 37.1 Å². The zero-order valence-electron chi connectivity index (χ0n) is 18.3. The number of piperidine rings is 1. The molecule has 0 aliphatic carbocycles. The predicted octanol–water partition coefficient (Wildman–Crippen LogP) is 4.84. The highest BCUT2D eigenvalue weighted by Gasteiger charge is 2.13. The number of nitrogens with zero attached hydrogens (tertiary/aromatic N) is 1. The van der Waals surface area contributed by atoms with Crippen LogP contribution in [0.15, 0.2) is 54.6 Å². The first-order chi connectivity index (χ1) is 15.2. The minimum absolute atomic E-state index is 0.0453. The normalized spacial score (nSPS) is 16.2. The number of rotatable bonds is 8. The molecular weight excluding hydrogens is 384 g/mol. The van der Waals surface area contributed by atoms with E-state index in [-0.39, 0.29) is 5.91 Å². The first-order valence-corrected chi connectivity index (χ1v) is 11.5. The molecule has 1 aromatic heterocycles. The van der Waals surface area contributed by atoms with Gasteiger partial charge < -0.3 is 16.0 Å². The Morgan fingerprint density at radius 3 is 2.77 bits per heavy atom. The third-order valence-electron chi connectivity index (χ3n) is 6.00. The quantitative estimate of drug-likeness (QED) is 0.460. The Hall–Kier alpha value is -2.92. The fourth-order valence-corrected chi connectivity index (χ4v) is 4.31. The number of hydrogen-bond donors (Lipinski definition) is 3. The molecule has 1 atom stereocenters. The van der Waals surface area contributed by atoms with Crippen LogP contribution in [-0.2, 0) is 0 Å². The van der Waals surface area contributed by atoms with Gasteiger partial charge in [0.05, 0.1) is 11.2 Å². The Morgan fingerprint density at radius 1 is 1.16 bits per heavy atom. The van der Waals surface area contributed by atoms with Gasteiger partial charge in [0.2, 0.25) is 0 Å². The zero-order chi connectivity index (χ0) is 21.5. The van der Waals surface area contributed by atoms with Crippen LogP contribution in [0.25, 0.3) is 22.2 Å². The minimum Gasteiger partial charge on any atom is -0.384 e. The molecule has 2 aromatic carbocycles. The van der Waals surface area contributed by atoms with Gasteiger partial charge in [-0.05, 0) is 75.9 Å². The Bertz CT molecular complexity index is 1010. The Kier molecular flexibility index (Phi) is 7.15. The van der Waals surface area contributed by atoms with Crippen molar-refractivity contribution >= 4 is 22.5 Å². The molecule has 1 unspecified atom stereocenters. The number of aromatic nitrogens is 1. The molecule has 0 bridgehead atoms. The van der Waals surface area contributed by atoms with E-state index in [1.807, 2.05) is 37.3 Å². The molecule has 1 saturated heterocycles. The monoisotopic (exact) mass is 416 g/mol. The molecule has 5 nitrogen and oxygen atoms in total. The average Bonchev–Trinajstić information content (AvgIpc) is 2.82. The first kappa shape index (κ1) is 21.3. The van der Waals surface area contributed by atoms with Gasteiger partial charge in [0.15, 0.2) is 0 Å². The highest BCUT2D eigenvalue weighted by atomic mass is 16.1. The molecule has 0 spiro atoms. The van der Waals surface area contributed by atoms with Gasteiger partial charge in [0.25, 0.3) is 5.91 Å². The summed E-state index contributed by atoms with van der Waals surface area (Å²) in [7, 11) is 0. The highest BCUT2D eigenvalue weighted by Crippen LogP contribution is 2.29. The van der Waals surface area contributed by atoms with Gasteiger partial charge in [-0.25, -0.2) is 4.98 Å². The number of benzene rings is 2. The largest absolute Gasteiger partial charge is 0.384 e. The van der Waals surface area contributed by atoms with E-state index in [0.29, 0.717) is 12.1 Å². The summed E-state index contributed by atoms with van der Waals surface area (Å²) in [6.45, 7) is 5.84. The van der Waals surface area contributed by atoms with Gasteiger partial charge in [-0.1, -0.05) is 30.3 Å². The van der Waals surface area contributed by atoms with E-state index in [9.17, 15) is 4.79 Å². The lowest BCUT2D eigenvalue weighted by Crippen LogP contribution is -2.29. The summed E-state index contributed by atoms with van der Waals surface area (Å²) in [5, 5.41) is 11.1. The number of amides is 1. The molecule has 0 saturated carbocycles. The number of carbonyl (C=O) groups is 1. The summed E-state index contributed by atoms with van der Waals surface area (Å²) in [5.74, 6) is 0.764. The number of hydrogen-bond acceptors (Lipinski definition) is 4. The average molecular weight is 417 g/mol. The van der Waals surface area contributed by atoms with Crippen LogP contribution in [0.4, 0.5) is 5.69 Å². The van der Waals surface area contributed by atoms with Crippen molar-refractivity contribution < 1.29 is 4.79 Å². The van der Waals surface area contributed by atoms with E-state index in [4.69, 9.17) is 4.98 Å². The van der Waals surface area contributed by atoms with Crippen molar-refractivity contribution in [1.82, 2.24) is 15.6 Å². The maximum absolute atomic E-state index is 12.0. The topological polar surface area (TPSA) is 66.1 Å². The maximum atomic E-state index is 12.0. The lowest BCUT2D eigenvalue weighted by Gasteiger charge is -2.22. The standard InChI is InChI=1S/C26H32N4O/c1-2-28-26(31)21-13-11-20(12-14-21)24-17-25(22-9-3-4-10-23(22)30-24)29-16-6-8-19-7-5-15-27-18-19/h3-4,9-14,17,19,27H,2,5-8,15-16,18H2,1H3,(H,28,31)(H,29,30). The van der Waals surface area contributed by atoms with E-state index >= 15 is 0 Å². The first-order valence-electron chi connectivity index (χ1n) is 11.5. The van der Waals surface area contributed by atoms with Gasteiger partial charge in [-0.2, -0.15) is 0 Å². The van der Waals surface area contributed by atoms with Crippen LogP contribution in [0, 0.1) is 5.92 Å². The van der Waals surface area contributed by atoms with Crippen LogP contribution >= 0.6 is 0 Å². The summed E-state index contributed by atoms with van der Waals surface area (Å²) in [5.41, 5.74) is 4.69. The van der Waals surface area contributed by atoms with E-state index in [1.165, 1.54) is 32.2 Å². The Morgan fingerprint density at radius 2 is 2.00 bits per heavy atom. The van der Waals surface area contributed by atoms with E-state index in [2.05, 4.69) is 40.2 Å². The number of para-hydroxylation sites is 1. The molecule has 1 aliphatic heterocycles. The molecule has 5 heteroatoms. The number of fused-ring (bicyclic) bond motifs is 1. The Labute approximate surface area is 184 Å². The van der Waals surface area contributed by atoms with Gasteiger partial charge in [0.1, 0.15) is 0 Å². The van der Waals surface area contributed by atoms with Crippen LogP contribution in [0.5, 0.6) is 0 Å². The molecule has 0 radical (unpaired) electrons. The van der Waals surface area contributed by atoms with Crippen LogP contribution in [0.1, 0.15) is 43.0 Å². The molecule has 31 heavy (non-hydrogen) atoms. The molecular formula is C26H32N4O. The molecule has 2 heterocycles. The van der Waals surface area contributed by atoms with Gasteiger partial charge >= 0.3 is 0 Å². The third kappa shape index (κ3) is 5.42. The van der Waals surface area contributed by atoms with Crippen LogP contribution in [0.2, 0.25) is 0 Å². The van der Waals surface area contributed by atoms with Crippen LogP contribution in [0.3, 0.4) is 0 Å². The second-order valence-corrected chi connectivity index (χ2v) is 8.29. The summed E-state index contributed by atoms with van der Waals surface area (Å²) >= 11 is 0. The minimum atomic E-state index is -0.0453. The predicted molar refractivity (Wildman–Crippen MR) is 129 cm³/mol. The van der Waals surface area contributed by atoms with Crippen molar-refractivity contribution in [3.8, 4) is 11.3 Å². The third-order valence-corrected chi connectivity index (χ3v) is 6.00. The number of carbonyl (C=O) groups excluding carboxylic acids is 1. The fraction of sp³-hybridized carbons (Fsp3) is 0.385. The second-order valence-electron chi connectivity index (χ2n) is 8.29. The van der Waals surface area contributed by atoms with Crippen molar-refractivity contribution in [3.05, 3.63) is 60.2 Å². The van der Waals surface area contributed by atoms with Crippen molar-refractivity contribution in [2.75, 3.05) is 31.5 Å². The number of pyridine rings is 1. The smallest absolute Gasteiger partial charge is 0.251 e. The summed E-state index contributed by atoms with van der Waals surface area (Å²) < 4.78 is 0. The van der Waals surface area contributed by atoms with E-state index in [1.54, 1.807) is 0 Å². The zero-order valence-corrected chi connectivity index (χ0v) is 18.3. The van der Waals surface area contributed by atoms with Crippen molar-refractivity contribution in [2.45, 2.75) is 32.6 Å².